The molecule has 1 aliphatic heterocycles. The van der Waals surface area contributed by atoms with E-state index in [2.05, 4.69) is 20.5 Å². The number of fused-ring (bicyclic) bond motifs is 1. The van der Waals surface area contributed by atoms with E-state index in [0.717, 1.165) is 47.4 Å². The number of carbonyl (C=O) groups is 1. The highest BCUT2D eigenvalue weighted by atomic mass is 16.4. The van der Waals surface area contributed by atoms with Crippen molar-refractivity contribution in [3.05, 3.63) is 60.8 Å². The van der Waals surface area contributed by atoms with Crippen LogP contribution in [-0.4, -0.2) is 33.7 Å². The first-order chi connectivity index (χ1) is 13.8. The van der Waals surface area contributed by atoms with E-state index in [9.17, 15) is 4.79 Å². The predicted molar refractivity (Wildman–Crippen MR) is 107 cm³/mol. The number of H-pyrrole nitrogens is 1. The molecule has 140 valence electrons. The number of para-hydroxylation sites is 2. The summed E-state index contributed by atoms with van der Waals surface area (Å²) in [6, 6.07) is 17.5. The van der Waals surface area contributed by atoms with Crippen LogP contribution >= 0.6 is 0 Å². The molecular formula is C21H19N5O2. The molecule has 2 aromatic heterocycles. The van der Waals surface area contributed by atoms with Gasteiger partial charge in [-0.15, -0.1) is 0 Å². The van der Waals surface area contributed by atoms with E-state index in [0.29, 0.717) is 6.01 Å². The molecular weight excluding hydrogens is 354 g/mol. The molecule has 1 aliphatic rings. The van der Waals surface area contributed by atoms with Crippen LogP contribution < -0.4 is 10.2 Å². The fraction of sp³-hybridized carbons (Fsp3) is 0.190. The summed E-state index contributed by atoms with van der Waals surface area (Å²) in [6.07, 6.45) is 3.41. The molecule has 0 bridgehead atoms. The van der Waals surface area contributed by atoms with Crippen LogP contribution in [0.3, 0.4) is 0 Å². The van der Waals surface area contributed by atoms with Gasteiger partial charge < -0.3 is 14.6 Å². The monoisotopic (exact) mass is 373 g/mol. The van der Waals surface area contributed by atoms with Gasteiger partial charge in [0.15, 0.2) is 5.58 Å². The summed E-state index contributed by atoms with van der Waals surface area (Å²) in [7, 11) is 0. The molecule has 4 aromatic rings. The number of nitrogens with zero attached hydrogens (tertiary/aromatic N) is 3. The number of benzene rings is 2. The topological polar surface area (TPSA) is 87.0 Å². The van der Waals surface area contributed by atoms with Crippen molar-refractivity contribution in [2.75, 3.05) is 16.8 Å². The fourth-order valence-corrected chi connectivity index (χ4v) is 3.63. The average Bonchev–Trinajstić information content (AvgIpc) is 3.48. The van der Waals surface area contributed by atoms with Crippen molar-refractivity contribution in [2.45, 2.75) is 18.9 Å². The van der Waals surface area contributed by atoms with E-state index in [4.69, 9.17) is 4.42 Å². The maximum atomic E-state index is 12.9. The van der Waals surface area contributed by atoms with Crippen molar-refractivity contribution in [3.63, 3.8) is 0 Å². The van der Waals surface area contributed by atoms with Crippen LogP contribution in [0.1, 0.15) is 12.8 Å². The number of aromatic nitrogens is 3. The molecule has 1 fully saturated rings. The van der Waals surface area contributed by atoms with Gasteiger partial charge in [-0.25, -0.2) is 0 Å². The van der Waals surface area contributed by atoms with Gasteiger partial charge >= 0.3 is 0 Å². The number of aromatic amines is 1. The minimum atomic E-state index is -0.291. The highest BCUT2D eigenvalue weighted by Crippen LogP contribution is 2.29. The molecule has 28 heavy (non-hydrogen) atoms. The van der Waals surface area contributed by atoms with E-state index in [1.54, 1.807) is 6.20 Å². The molecule has 0 saturated carbocycles. The summed E-state index contributed by atoms with van der Waals surface area (Å²) < 4.78 is 5.87. The van der Waals surface area contributed by atoms with Gasteiger partial charge in [0.1, 0.15) is 11.6 Å². The van der Waals surface area contributed by atoms with Crippen LogP contribution in [0, 0.1) is 0 Å². The van der Waals surface area contributed by atoms with Crippen LogP contribution in [0.25, 0.3) is 22.4 Å². The van der Waals surface area contributed by atoms with E-state index < -0.39 is 0 Å². The number of hydrogen-bond donors (Lipinski definition) is 2. The van der Waals surface area contributed by atoms with E-state index in [-0.39, 0.29) is 11.9 Å². The maximum Gasteiger partial charge on any atom is 0.299 e. The number of anilines is 2. The number of carbonyl (C=O) groups excluding carboxylic acids is 1. The van der Waals surface area contributed by atoms with Crippen molar-refractivity contribution in [1.82, 2.24) is 15.2 Å². The highest BCUT2D eigenvalue weighted by molar-refractivity contribution is 5.97. The molecule has 1 unspecified atom stereocenters. The van der Waals surface area contributed by atoms with Gasteiger partial charge in [-0.3, -0.25) is 9.89 Å². The number of hydrogen-bond acceptors (Lipinski definition) is 5. The largest absolute Gasteiger partial charge is 0.423 e. The first-order valence-corrected chi connectivity index (χ1v) is 9.31. The molecule has 5 rings (SSSR count). The Morgan fingerprint density at radius 1 is 1.14 bits per heavy atom. The van der Waals surface area contributed by atoms with Crippen molar-refractivity contribution in [1.29, 1.82) is 0 Å². The third kappa shape index (κ3) is 3.00. The van der Waals surface area contributed by atoms with Gasteiger partial charge in [0.05, 0.1) is 5.69 Å². The minimum Gasteiger partial charge on any atom is -0.423 e. The van der Waals surface area contributed by atoms with Crippen molar-refractivity contribution in [2.24, 2.45) is 0 Å². The Kier molecular flexibility index (Phi) is 4.05. The molecule has 7 heteroatoms. The number of amides is 1. The lowest BCUT2D eigenvalue weighted by Crippen LogP contribution is -2.39. The molecule has 2 N–H and O–H groups in total. The highest BCUT2D eigenvalue weighted by Gasteiger charge is 2.33. The molecule has 0 spiro atoms. The Labute approximate surface area is 161 Å². The first kappa shape index (κ1) is 16.6. The molecule has 1 atom stereocenters. The number of oxazole rings is 1. The molecule has 0 radical (unpaired) electrons. The molecule has 7 nitrogen and oxygen atoms in total. The first-order valence-electron chi connectivity index (χ1n) is 9.31. The second-order valence-electron chi connectivity index (χ2n) is 6.85. The second-order valence-corrected chi connectivity index (χ2v) is 6.85. The van der Waals surface area contributed by atoms with Gasteiger partial charge in [0, 0.05) is 18.4 Å². The maximum absolute atomic E-state index is 12.9. The third-order valence-electron chi connectivity index (χ3n) is 5.05. The zero-order chi connectivity index (χ0) is 18.9. The SMILES string of the molecule is O=C(Nc1ccc(-c2ccn[nH]2)cc1)C1CCCN1c1nc2ccccc2o1. The van der Waals surface area contributed by atoms with Crippen LogP contribution in [-0.2, 0) is 4.79 Å². The molecule has 3 heterocycles. The van der Waals surface area contributed by atoms with Crippen molar-refractivity contribution < 1.29 is 9.21 Å². The van der Waals surface area contributed by atoms with E-state index in [1.807, 2.05) is 59.5 Å². The summed E-state index contributed by atoms with van der Waals surface area (Å²) in [5, 5.41) is 9.91. The summed E-state index contributed by atoms with van der Waals surface area (Å²) in [5.41, 5.74) is 4.26. The van der Waals surface area contributed by atoms with Gasteiger partial charge in [-0.1, -0.05) is 24.3 Å². The zero-order valence-corrected chi connectivity index (χ0v) is 15.1. The number of nitrogens with one attached hydrogen (secondary N) is 2. The molecule has 1 amide bonds. The Morgan fingerprint density at radius 2 is 2.00 bits per heavy atom. The third-order valence-corrected chi connectivity index (χ3v) is 5.05. The summed E-state index contributed by atoms with van der Waals surface area (Å²) in [5.74, 6) is -0.0472. The van der Waals surface area contributed by atoms with Crippen molar-refractivity contribution in [3.8, 4) is 11.3 Å². The predicted octanol–water partition coefficient (Wildman–Crippen LogP) is 3.83. The summed E-state index contributed by atoms with van der Waals surface area (Å²) in [6.45, 7) is 0.754. The Hall–Kier alpha value is -3.61. The van der Waals surface area contributed by atoms with E-state index in [1.165, 1.54) is 0 Å². The lowest BCUT2D eigenvalue weighted by Gasteiger charge is -2.22. The van der Waals surface area contributed by atoms with Gasteiger partial charge in [-0.2, -0.15) is 10.1 Å². The zero-order valence-electron chi connectivity index (χ0n) is 15.1. The summed E-state index contributed by atoms with van der Waals surface area (Å²) >= 11 is 0. The lowest BCUT2D eigenvalue weighted by molar-refractivity contribution is -0.117. The standard InChI is InChI=1S/C21H19N5O2/c27-20(23-15-9-7-14(8-10-15)16-11-12-22-25-16)18-5-3-13-26(18)21-24-17-4-1-2-6-19(17)28-21/h1-2,4,6-12,18H,3,5,13H2,(H,22,25)(H,23,27). The van der Waals surface area contributed by atoms with Gasteiger partial charge in [0.2, 0.25) is 5.91 Å². The quantitative estimate of drug-likeness (QED) is 0.568. The van der Waals surface area contributed by atoms with Gasteiger partial charge in [-0.05, 0) is 48.7 Å². The lowest BCUT2D eigenvalue weighted by atomic mass is 10.1. The van der Waals surface area contributed by atoms with E-state index >= 15 is 0 Å². The van der Waals surface area contributed by atoms with Crippen molar-refractivity contribution >= 4 is 28.7 Å². The Bertz CT molecular complexity index is 1070. The molecule has 1 saturated heterocycles. The van der Waals surface area contributed by atoms with Gasteiger partial charge in [0.25, 0.3) is 6.01 Å². The average molecular weight is 373 g/mol. The molecule has 2 aromatic carbocycles. The molecule has 0 aliphatic carbocycles. The van der Waals surface area contributed by atoms with Crippen LogP contribution in [0.15, 0.2) is 65.2 Å². The Balaban J connectivity index is 1.32. The minimum absolute atomic E-state index is 0.0472. The number of rotatable bonds is 4. The fourth-order valence-electron chi connectivity index (χ4n) is 3.63. The smallest absolute Gasteiger partial charge is 0.299 e. The second kappa shape index (κ2) is 6.84. The van der Waals surface area contributed by atoms with Crippen LogP contribution in [0.4, 0.5) is 11.7 Å². The summed E-state index contributed by atoms with van der Waals surface area (Å²) in [4.78, 5) is 19.4. The van der Waals surface area contributed by atoms with Crippen LogP contribution in [0.5, 0.6) is 0 Å². The normalized spacial score (nSPS) is 16.6. The Morgan fingerprint density at radius 3 is 2.79 bits per heavy atom. The van der Waals surface area contributed by atoms with Crippen LogP contribution in [0.2, 0.25) is 0 Å².